The van der Waals surface area contributed by atoms with Gasteiger partial charge in [-0.1, -0.05) is 0 Å². The average Bonchev–Trinajstić information content (AvgIpc) is 2.81. The quantitative estimate of drug-likeness (QED) is 0.786. The summed E-state index contributed by atoms with van der Waals surface area (Å²) < 4.78 is 0.653. The van der Waals surface area contributed by atoms with Gasteiger partial charge in [-0.25, -0.2) is 4.79 Å². The van der Waals surface area contributed by atoms with Gasteiger partial charge in [-0.05, 0) is 53.6 Å². The highest BCUT2D eigenvalue weighted by molar-refractivity contribution is 14.1. The zero-order valence-corrected chi connectivity index (χ0v) is 11.6. The van der Waals surface area contributed by atoms with Gasteiger partial charge in [0, 0.05) is 12.1 Å². The lowest BCUT2D eigenvalue weighted by Crippen LogP contribution is -2.40. The summed E-state index contributed by atoms with van der Waals surface area (Å²) >= 11 is 1.96. The molecule has 1 amide bonds. The Morgan fingerprint density at radius 1 is 1.39 bits per heavy atom. The van der Waals surface area contributed by atoms with Crippen molar-refractivity contribution in [2.24, 2.45) is 0 Å². The summed E-state index contributed by atoms with van der Waals surface area (Å²) in [7, 11) is 0. The number of nitrogens with zero attached hydrogens (tertiary/aromatic N) is 1. The van der Waals surface area contributed by atoms with E-state index in [0.717, 1.165) is 0 Å². The number of halogens is 1. The van der Waals surface area contributed by atoms with Crippen LogP contribution in [0.2, 0.25) is 0 Å². The van der Waals surface area contributed by atoms with Crippen molar-refractivity contribution in [1.29, 1.82) is 0 Å². The number of likely N-dealkylation sites (tertiary alicyclic amines) is 1. The second-order valence-corrected chi connectivity index (χ2v) is 5.32. The lowest BCUT2D eigenvalue weighted by atomic mass is 10.1. The number of benzene rings is 1. The predicted octanol–water partition coefficient (Wildman–Crippen LogP) is 1.69. The summed E-state index contributed by atoms with van der Waals surface area (Å²) in [5.74, 6) is -1.28. The molecule has 0 radical (unpaired) electrons. The Bertz CT molecular complexity index is 503. The molecule has 5 nitrogen and oxygen atoms in total. The van der Waals surface area contributed by atoms with E-state index in [1.54, 1.807) is 12.1 Å². The molecule has 1 aliphatic heterocycles. The van der Waals surface area contributed by atoms with E-state index < -0.39 is 12.0 Å². The molecule has 2 N–H and O–H groups in total. The third kappa shape index (κ3) is 2.43. The van der Waals surface area contributed by atoms with E-state index in [0.29, 0.717) is 28.5 Å². The van der Waals surface area contributed by atoms with Crippen LogP contribution in [0.25, 0.3) is 0 Å². The van der Waals surface area contributed by atoms with Gasteiger partial charge in [-0.15, -0.1) is 0 Å². The molecule has 0 spiro atoms. The van der Waals surface area contributed by atoms with Crippen LogP contribution < -0.4 is 0 Å². The summed E-state index contributed by atoms with van der Waals surface area (Å²) in [5, 5.41) is 18.6. The lowest BCUT2D eigenvalue weighted by Gasteiger charge is -2.21. The van der Waals surface area contributed by atoms with Crippen LogP contribution in [0.4, 0.5) is 0 Å². The third-order valence-electron chi connectivity index (χ3n) is 2.99. The fourth-order valence-corrected chi connectivity index (χ4v) is 2.41. The van der Waals surface area contributed by atoms with Crippen LogP contribution in [-0.2, 0) is 4.79 Å². The van der Waals surface area contributed by atoms with E-state index in [2.05, 4.69) is 0 Å². The number of carboxylic acid groups (broad SMARTS) is 1. The number of carboxylic acids is 1. The monoisotopic (exact) mass is 361 g/mol. The highest BCUT2D eigenvalue weighted by Gasteiger charge is 2.34. The normalized spacial score (nSPS) is 18.9. The summed E-state index contributed by atoms with van der Waals surface area (Å²) in [6.45, 7) is 0.447. The second kappa shape index (κ2) is 5.13. The Morgan fingerprint density at radius 2 is 2.11 bits per heavy atom. The van der Waals surface area contributed by atoms with Gasteiger partial charge < -0.3 is 15.1 Å². The van der Waals surface area contributed by atoms with Crippen molar-refractivity contribution in [2.75, 3.05) is 6.54 Å². The first kappa shape index (κ1) is 13.1. The third-order valence-corrected chi connectivity index (χ3v) is 3.90. The second-order valence-electron chi connectivity index (χ2n) is 4.16. The van der Waals surface area contributed by atoms with Crippen molar-refractivity contribution in [3.63, 3.8) is 0 Å². The topological polar surface area (TPSA) is 77.8 Å². The molecular weight excluding hydrogens is 349 g/mol. The van der Waals surface area contributed by atoms with Crippen LogP contribution in [0.3, 0.4) is 0 Å². The van der Waals surface area contributed by atoms with Crippen LogP contribution in [0.5, 0.6) is 5.75 Å². The number of hydrogen-bond donors (Lipinski definition) is 2. The van der Waals surface area contributed by atoms with Crippen LogP contribution in [0.1, 0.15) is 23.2 Å². The van der Waals surface area contributed by atoms with Gasteiger partial charge in [-0.3, -0.25) is 4.79 Å². The lowest BCUT2D eigenvalue weighted by molar-refractivity contribution is -0.141. The van der Waals surface area contributed by atoms with Crippen LogP contribution >= 0.6 is 22.6 Å². The Balaban J connectivity index is 2.25. The Kier molecular flexibility index (Phi) is 3.74. The Labute approximate surface area is 118 Å². The zero-order chi connectivity index (χ0) is 13.3. The largest absolute Gasteiger partial charge is 0.507 e. The van der Waals surface area contributed by atoms with E-state index in [1.165, 1.54) is 11.0 Å². The van der Waals surface area contributed by atoms with Crippen molar-refractivity contribution in [3.05, 3.63) is 27.3 Å². The summed E-state index contributed by atoms with van der Waals surface area (Å²) in [4.78, 5) is 24.5. The number of amides is 1. The van der Waals surface area contributed by atoms with Crippen molar-refractivity contribution >= 4 is 34.5 Å². The van der Waals surface area contributed by atoms with Crippen LogP contribution in [0.15, 0.2) is 18.2 Å². The average molecular weight is 361 g/mol. The number of phenols is 1. The highest BCUT2D eigenvalue weighted by Crippen LogP contribution is 2.24. The minimum atomic E-state index is -0.976. The first-order valence-corrected chi connectivity index (χ1v) is 6.61. The molecule has 0 saturated carbocycles. The maximum absolute atomic E-state index is 12.2. The molecule has 0 unspecified atom stereocenters. The van der Waals surface area contributed by atoms with Crippen molar-refractivity contribution in [2.45, 2.75) is 18.9 Å². The van der Waals surface area contributed by atoms with Gasteiger partial charge in [0.15, 0.2) is 0 Å². The molecule has 6 heteroatoms. The number of hydrogen-bond acceptors (Lipinski definition) is 3. The van der Waals surface area contributed by atoms with Crippen LogP contribution in [0, 0.1) is 3.57 Å². The van der Waals surface area contributed by atoms with E-state index in [1.807, 2.05) is 22.6 Å². The minimum Gasteiger partial charge on any atom is -0.507 e. The summed E-state index contributed by atoms with van der Waals surface area (Å²) in [6.07, 6.45) is 1.18. The molecule has 2 rings (SSSR count). The first-order chi connectivity index (χ1) is 8.50. The maximum atomic E-state index is 12.2. The summed E-state index contributed by atoms with van der Waals surface area (Å²) in [6, 6.07) is 3.86. The number of phenolic OH excluding ortho intramolecular Hbond substituents is 1. The van der Waals surface area contributed by atoms with Gasteiger partial charge in [0.25, 0.3) is 5.91 Å². The predicted molar refractivity (Wildman–Crippen MR) is 72.5 cm³/mol. The molecule has 0 aliphatic carbocycles. The van der Waals surface area contributed by atoms with Gasteiger partial charge in [0.2, 0.25) is 0 Å². The van der Waals surface area contributed by atoms with E-state index in [9.17, 15) is 14.7 Å². The van der Waals surface area contributed by atoms with Crippen molar-refractivity contribution in [3.8, 4) is 5.75 Å². The number of carbonyl (C=O) groups excluding carboxylic acids is 1. The standard InChI is InChI=1S/C12H12INO4/c13-8-4-3-7(6-10(8)15)11(16)14-5-1-2-9(14)12(17)18/h3-4,6,9,15H,1-2,5H2,(H,17,18)/t9-/m0/s1. The van der Waals surface area contributed by atoms with E-state index in [4.69, 9.17) is 5.11 Å². The smallest absolute Gasteiger partial charge is 0.326 e. The zero-order valence-electron chi connectivity index (χ0n) is 9.47. The highest BCUT2D eigenvalue weighted by atomic mass is 127. The molecule has 1 aromatic rings. The van der Waals surface area contributed by atoms with Crippen molar-refractivity contribution < 1.29 is 19.8 Å². The number of rotatable bonds is 2. The van der Waals surface area contributed by atoms with Gasteiger partial charge in [0.1, 0.15) is 11.8 Å². The van der Waals surface area contributed by atoms with Crippen molar-refractivity contribution in [1.82, 2.24) is 4.90 Å². The summed E-state index contributed by atoms with van der Waals surface area (Å²) in [5.41, 5.74) is 0.320. The Hall–Kier alpha value is -1.31. The van der Waals surface area contributed by atoms with E-state index in [-0.39, 0.29) is 11.7 Å². The van der Waals surface area contributed by atoms with E-state index >= 15 is 0 Å². The molecule has 1 heterocycles. The molecule has 1 atom stereocenters. The fourth-order valence-electron chi connectivity index (χ4n) is 2.08. The molecule has 1 aliphatic rings. The minimum absolute atomic E-state index is 0.0347. The molecule has 1 fully saturated rings. The SMILES string of the molecule is O=C(O)[C@@H]1CCCN1C(=O)c1ccc(I)c(O)c1. The van der Waals surface area contributed by atoms with Gasteiger partial charge >= 0.3 is 5.97 Å². The number of aromatic hydroxyl groups is 1. The van der Waals surface area contributed by atoms with Gasteiger partial charge in [0.05, 0.1) is 3.57 Å². The fraction of sp³-hybridized carbons (Fsp3) is 0.333. The first-order valence-electron chi connectivity index (χ1n) is 5.53. The molecule has 0 bridgehead atoms. The molecular formula is C12H12INO4. The van der Waals surface area contributed by atoms with Crippen LogP contribution in [-0.4, -0.2) is 39.6 Å². The maximum Gasteiger partial charge on any atom is 0.326 e. The molecule has 0 aromatic heterocycles. The molecule has 1 aromatic carbocycles. The molecule has 18 heavy (non-hydrogen) atoms. The van der Waals surface area contributed by atoms with Gasteiger partial charge in [-0.2, -0.15) is 0 Å². The molecule has 96 valence electrons. The number of carbonyl (C=O) groups is 2. The Morgan fingerprint density at radius 3 is 2.72 bits per heavy atom. The number of aliphatic carboxylic acids is 1. The molecule has 1 saturated heterocycles.